The molecule has 3 aromatic carbocycles. The predicted molar refractivity (Wildman–Crippen MR) is 170 cm³/mol. The molecule has 3 aromatic rings. The summed E-state index contributed by atoms with van der Waals surface area (Å²) in [4.78, 5) is 29.5. The van der Waals surface area contributed by atoms with Crippen molar-refractivity contribution in [1.82, 2.24) is 10.2 Å². The number of methoxy groups -OCH3 is 1. The van der Waals surface area contributed by atoms with E-state index in [2.05, 4.69) is 5.32 Å². The van der Waals surface area contributed by atoms with Crippen LogP contribution in [0.25, 0.3) is 0 Å². The van der Waals surface area contributed by atoms with Crippen LogP contribution in [0.4, 0.5) is 5.69 Å². The highest BCUT2D eigenvalue weighted by Gasteiger charge is 2.34. The Labute approximate surface area is 260 Å². The third-order valence-electron chi connectivity index (χ3n) is 7.87. The molecule has 0 bridgehead atoms. The Balaban J connectivity index is 1.73. The number of hydrogen-bond donors (Lipinski definition) is 1. The van der Waals surface area contributed by atoms with Crippen molar-refractivity contribution in [3.05, 3.63) is 88.9 Å². The largest absolute Gasteiger partial charge is 0.497 e. The van der Waals surface area contributed by atoms with Crippen LogP contribution < -0.4 is 14.4 Å². The van der Waals surface area contributed by atoms with Crippen molar-refractivity contribution >= 4 is 39.1 Å². The molecule has 1 atom stereocenters. The van der Waals surface area contributed by atoms with E-state index in [1.807, 2.05) is 19.9 Å². The van der Waals surface area contributed by atoms with E-state index in [1.165, 1.54) is 24.1 Å². The second-order valence-electron chi connectivity index (χ2n) is 10.9. The van der Waals surface area contributed by atoms with Crippen LogP contribution in [0.3, 0.4) is 0 Å². The average Bonchev–Trinajstić information content (AvgIpc) is 3.01. The molecule has 0 aliphatic heterocycles. The van der Waals surface area contributed by atoms with Crippen LogP contribution in [0.15, 0.2) is 77.7 Å². The van der Waals surface area contributed by atoms with Gasteiger partial charge in [-0.05, 0) is 62.1 Å². The van der Waals surface area contributed by atoms with Crippen LogP contribution in [0.2, 0.25) is 5.02 Å². The minimum atomic E-state index is -4.18. The number of nitrogens with one attached hydrogen (secondary N) is 1. The molecule has 8 nitrogen and oxygen atoms in total. The van der Waals surface area contributed by atoms with Gasteiger partial charge in [0.1, 0.15) is 18.3 Å². The van der Waals surface area contributed by atoms with Gasteiger partial charge in [-0.15, -0.1) is 0 Å². The molecule has 1 fully saturated rings. The molecule has 4 rings (SSSR count). The lowest BCUT2D eigenvalue weighted by Crippen LogP contribution is -2.54. The summed E-state index contributed by atoms with van der Waals surface area (Å²) in [6.07, 6.45) is 5.40. The van der Waals surface area contributed by atoms with E-state index < -0.39 is 28.5 Å². The van der Waals surface area contributed by atoms with Crippen molar-refractivity contribution < 1.29 is 22.7 Å². The maximum Gasteiger partial charge on any atom is 0.264 e. The summed E-state index contributed by atoms with van der Waals surface area (Å²) in [6, 6.07) is 19.4. The molecule has 1 N–H and O–H groups in total. The number of anilines is 1. The Morgan fingerprint density at radius 2 is 1.70 bits per heavy atom. The van der Waals surface area contributed by atoms with Gasteiger partial charge in [0.2, 0.25) is 11.8 Å². The van der Waals surface area contributed by atoms with E-state index >= 15 is 0 Å². The number of benzene rings is 3. The first-order valence-corrected chi connectivity index (χ1v) is 16.5. The maximum atomic E-state index is 14.3. The number of nitrogens with zero attached hydrogens (tertiary/aromatic N) is 2. The van der Waals surface area contributed by atoms with E-state index in [0.717, 1.165) is 42.0 Å². The van der Waals surface area contributed by atoms with Gasteiger partial charge >= 0.3 is 0 Å². The van der Waals surface area contributed by atoms with Gasteiger partial charge in [0.05, 0.1) is 17.7 Å². The van der Waals surface area contributed by atoms with Crippen LogP contribution >= 0.6 is 11.6 Å². The number of halogens is 1. The van der Waals surface area contributed by atoms with Gasteiger partial charge in [-0.2, -0.15) is 0 Å². The van der Waals surface area contributed by atoms with E-state index in [-0.39, 0.29) is 29.1 Å². The van der Waals surface area contributed by atoms with Crippen molar-refractivity contribution in [2.75, 3.05) is 18.0 Å². The monoisotopic (exact) mass is 625 g/mol. The molecule has 1 aliphatic carbocycles. The van der Waals surface area contributed by atoms with E-state index in [1.54, 1.807) is 54.6 Å². The highest BCUT2D eigenvalue weighted by atomic mass is 35.5. The topological polar surface area (TPSA) is 96.0 Å². The van der Waals surface area contributed by atoms with E-state index in [0.29, 0.717) is 22.8 Å². The maximum absolute atomic E-state index is 14.3. The van der Waals surface area contributed by atoms with E-state index in [4.69, 9.17) is 16.3 Å². The number of rotatable bonds is 12. The molecule has 1 aliphatic rings. The summed E-state index contributed by atoms with van der Waals surface area (Å²) in [6.45, 7) is 3.24. The quantitative estimate of drug-likeness (QED) is 0.262. The van der Waals surface area contributed by atoms with Crippen molar-refractivity contribution in [3.63, 3.8) is 0 Å². The summed E-state index contributed by atoms with van der Waals surface area (Å²) in [5, 5.41) is 3.61. The highest BCUT2D eigenvalue weighted by molar-refractivity contribution is 7.92. The standard InChI is InChI=1S/C33H40ClN3O5S/c1-4-31(33(39)35-26-12-6-5-7-13-26)36(22-25-11-8-9-16-30(25)34)32(38)23-37(27-14-10-15-28(21-27)42-3)43(40,41)29-19-17-24(2)18-20-29/h8-11,14-21,26,31H,4-7,12-13,22-23H2,1-3H3,(H,35,39)/t31-/m0/s1. The molecule has 0 unspecified atom stereocenters. The molecule has 0 spiro atoms. The zero-order valence-electron chi connectivity index (χ0n) is 25.0. The van der Waals surface area contributed by atoms with Gasteiger partial charge in [-0.25, -0.2) is 8.42 Å². The van der Waals surface area contributed by atoms with Gasteiger partial charge in [-0.3, -0.25) is 13.9 Å². The molecule has 0 heterocycles. The fraction of sp³-hybridized carbons (Fsp3) is 0.394. The third kappa shape index (κ3) is 8.09. The van der Waals surface area contributed by atoms with Crippen molar-refractivity contribution in [1.29, 1.82) is 0 Å². The van der Waals surface area contributed by atoms with Crippen molar-refractivity contribution in [2.45, 2.75) is 75.9 Å². The highest BCUT2D eigenvalue weighted by Crippen LogP contribution is 2.28. The summed E-state index contributed by atoms with van der Waals surface area (Å²) in [5.41, 5.74) is 1.84. The summed E-state index contributed by atoms with van der Waals surface area (Å²) in [5.74, 6) is -0.325. The third-order valence-corrected chi connectivity index (χ3v) is 10.0. The Morgan fingerprint density at radius 3 is 2.35 bits per heavy atom. The fourth-order valence-corrected chi connectivity index (χ4v) is 7.01. The molecule has 43 heavy (non-hydrogen) atoms. The molecule has 2 amide bonds. The lowest BCUT2D eigenvalue weighted by Gasteiger charge is -2.34. The number of carbonyl (C=O) groups excluding carboxylic acids is 2. The van der Waals surface area contributed by atoms with E-state index in [9.17, 15) is 18.0 Å². The average molecular weight is 626 g/mol. The molecule has 0 radical (unpaired) electrons. The fourth-order valence-electron chi connectivity index (χ4n) is 5.41. The first kappa shape index (κ1) is 32.4. The number of sulfonamides is 1. The Bertz CT molecular complexity index is 1510. The van der Waals surface area contributed by atoms with Gasteiger partial charge in [0.15, 0.2) is 0 Å². The molecule has 10 heteroatoms. The molecule has 1 saturated carbocycles. The SMILES string of the molecule is CC[C@@H](C(=O)NC1CCCCC1)N(Cc1ccccc1Cl)C(=O)CN(c1cccc(OC)c1)S(=O)(=O)c1ccc(C)cc1. The number of ether oxygens (including phenoxy) is 1. The second kappa shape index (κ2) is 14.8. The molecular formula is C33H40ClN3O5S. The van der Waals surface area contributed by atoms with Gasteiger partial charge in [0, 0.05) is 23.7 Å². The van der Waals surface area contributed by atoms with Crippen molar-refractivity contribution in [2.24, 2.45) is 0 Å². The van der Waals surface area contributed by atoms with Crippen LogP contribution in [0.1, 0.15) is 56.6 Å². The van der Waals surface area contributed by atoms with Gasteiger partial charge in [0.25, 0.3) is 10.0 Å². The zero-order valence-corrected chi connectivity index (χ0v) is 26.5. The minimum absolute atomic E-state index is 0.0473. The molecule has 230 valence electrons. The Morgan fingerprint density at radius 1 is 1.00 bits per heavy atom. The van der Waals surface area contributed by atoms with Gasteiger partial charge in [-0.1, -0.05) is 79.7 Å². The van der Waals surface area contributed by atoms with Gasteiger partial charge < -0.3 is 15.0 Å². The number of aryl methyl sites for hydroxylation is 1. The number of carbonyl (C=O) groups is 2. The molecule has 0 aromatic heterocycles. The normalized spacial score (nSPS) is 14.5. The smallest absolute Gasteiger partial charge is 0.264 e. The summed E-state index contributed by atoms with van der Waals surface area (Å²) < 4.78 is 34.6. The first-order chi connectivity index (χ1) is 20.6. The van der Waals surface area contributed by atoms with Crippen LogP contribution in [-0.2, 0) is 26.2 Å². The van der Waals surface area contributed by atoms with Crippen molar-refractivity contribution in [3.8, 4) is 5.75 Å². The molecular weight excluding hydrogens is 586 g/mol. The van der Waals surface area contributed by atoms with Crippen LogP contribution in [-0.4, -0.2) is 50.9 Å². The Kier molecular flexibility index (Phi) is 11.1. The number of amides is 2. The summed E-state index contributed by atoms with van der Waals surface area (Å²) >= 11 is 6.50. The first-order valence-electron chi connectivity index (χ1n) is 14.7. The summed E-state index contributed by atoms with van der Waals surface area (Å²) in [7, 11) is -2.69. The lowest BCUT2D eigenvalue weighted by molar-refractivity contribution is -0.140. The minimum Gasteiger partial charge on any atom is -0.497 e. The zero-order chi connectivity index (χ0) is 31.0. The van der Waals surface area contributed by atoms with Crippen LogP contribution in [0.5, 0.6) is 5.75 Å². The predicted octanol–water partition coefficient (Wildman–Crippen LogP) is 6.11. The van der Waals surface area contributed by atoms with Crippen LogP contribution in [0, 0.1) is 6.92 Å². The molecule has 0 saturated heterocycles. The number of hydrogen-bond acceptors (Lipinski definition) is 5. The lowest BCUT2D eigenvalue weighted by atomic mass is 9.95. The second-order valence-corrected chi connectivity index (χ2v) is 13.2. The Hall–Kier alpha value is -3.56.